The first-order chi connectivity index (χ1) is 7.86. The van der Waals surface area contributed by atoms with E-state index in [1.807, 2.05) is 6.92 Å². The molecule has 1 atom stereocenters. The van der Waals surface area contributed by atoms with Gasteiger partial charge < -0.3 is 4.74 Å². The quantitative estimate of drug-likeness (QED) is 0.678. The lowest BCUT2D eigenvalue weighted by Crippen LogP contribution is -2.22. The van der Waals surface area contributed by atoms with Crippen molar-refractivity contribution in [3.8, 4) is 5.75 Å². The summed E-state index contributed by atoms with van der Waals surface area (Å²) in [6.07, 6.45) is 2.20. The van der Waals surface area contributed by atoms with Crippen molar-refractivity contribution >= 4 is 19.8 Å². The van der Waals surface area contributed by atoms with E-state index < -0.39 is 0 Å². The fourth-order valence-electron chi connectivity index (χ4n) is 2.77. The number of allylic oxidation sites excluding steroid dienone is 2. The van der Waals surface area contributed by atoms with E-state index in [9.17, 15) is 0 Å². The summed E-state index contributed by atoms with van der Waals surface area (Å²) in [5, 5.41) is 0. The molecular formula is C14H19OPS. The van der Waals surface area contributed by atoms with E-state index in [2.05, 4.69) is 48.3 Å². The van der Waals surface area contributed by atoms with Crippen LogP contribution in [0.3, 0.4) is 0 Å². The monoisotopic (exact) mass is 266 g/mol. The van der Waals surface area contributed by atoms with Crippen LogP contribution in [-0.4, -0.2) is 0 Å². The summed E-state index contributed by atoms with van der Waals surface area (Å²) in [5.74, 6) is 2.01. The molecule has 1 nitrogen and oxygen atoms in total. The summed E-state index contributed by atoms with van der Waals surface area (Å²) in [6, 6.07) is 2.16. The fourth-order valence-corrected chi connectivity index (χ4v) is 4.39. The van der Waals surface area contributed by atoms with Crippen LogP contribution < -0.4 is 4.74 Å². The second-order valence-electron chi connectivity index (χ2n) is 5.22. The Bertz CT molecular complexity index is 503. The van der Waals surface area contributed by atoms with Crippen molar-refractivity contribution in [1.29, 1.82) is 0 Å². The number of fused-ring (bicyclic) bond motifs is 1. The first-order valence-corrected chi connectivity index (χ1v) is 8.05. The first-order valence-electron chi connectivity index (χ1n) is 5.75. The fraction of sp³-hybridized carbons (Fsp3) is 0.429. The summed E-state index contributed by atoms with van der Waals surface area (Å²) < 4.78 is 5.87. The van der Waals surface area contributed by atoms with Crippen LogP contribution in [0.15, 0.2) is 22.8 Å². The predicted octanol–water partition coefficient (Wildman–Crippen LogP) is 4.76. The van der Waals surface area contributed by atoms with E-state index in [0.717, 1.165) is 11.5 Å². The van der Waals surface area contributed by atoms with Crippen molar-refractivity contribution in [2.45, 2.75) is 44.9 Å². The topological polar surface area (TPSA) is 9.23 Å². The van der Waals surface area contributed by atoms with E-state index >= 15 is 0 Å². The van der Waals surface area contributed by atoms with Crippen LogP contribution in [0.2, 0.25) is 0 Å². The maximum Gasteiger partial charge on any atom is 0.131 e. The van der Waals surface area contributed by atoms with Gasteiger partial charge in [-0.05, 0) is 44.0 Å². The molecule has 0 amide bonds. The number of ether oxygens (including phenoxy) is 1. The third kappa shape index (κ3) is 2.13. The number of hydrogen-bond acceptors (Lipinski definition) is 2. The Kier molecular flexibility index (Phi) is 3.31. The summed E-state index contributed by atoms with van der Waals surface area (Å²) in [6.45, 7) is 10.9. The second-order valence-corrected chi connectivity index (χ2v) is 6.57. The van der Waals surface area contributed by atoms with Crippen molar-refractivity contribution in [2.24, 2.45) is 0 Å². The number of rotatable bonds is 1. The van der Waals surface area contributed by atoms with Crippen molar-refractivity contribution in [3.63, 3.8) is 0 Å². The average molecular weight is 266 g/mol. The molecule has 0 saturated carbocycles. The van der Waals surface area contributed by atoms with Crippen LogP contribution in [0, 0.1) is 13.8 Å². The van der Waals surface area contributed by atoms with Gasteiger partial charge in [-0.15, -0.1) is 11.4 Å². The summed E-state index contributed by atoms with van der Waals surface area (Å²) in [5.41, 5.74) is 3.99. The molecule has 0 N–H and O–H groups in total. The minimum Gasteiger partial charge on any atom is -0.462 e. The third-order valence-corrected chi connectivity index (χ3v) is 4.84. The molecule has 0 aromatic heterocycles. The maximum absolute atomic E-state index is 5.87. The average Bonchev–Trinajstić information content (AvgIpc) is 2.14. The zero-order valence-electron chi connectivity index (χ0n) is 11.0. The molecule has 1 aliphatic rings. The highest BCUT2D eigenvalue weighted by Crippen LogP contribution is 2.45. The smallest absolute Gasteiger partial charge is 0.131 e. The van der Waals surface area contributed by atoms with Crippen molar-refractivity contribution < 1.29 is 4.74 Å². The molecule has 17 heavy (non-hydrogen) atoms. The van der Waals surface area contributed by atoms with E-state index in [1.165, 1.54) is 21.6 Å². The van der Waals surface area contributed by atoms with Crippen LogP contribution in [-0.2, 0) is 5.41 Å². The summed E-state index contributed by atoms with van der Waals surface area (Å²) in [4.78, 5) is 1.35. The van der Waals surface area contributed by atoms with Crippen molar-refractivity contribution in [2.75, 3.05) is 0 Å². The Morgan fingerprint density at radius 3 is 2.47 bits per heavy atom. The normalized spacial score (nSPS) is 17.2. The SMILES string of the molecule is CC1=CC(C)(C)c2c(cc(C)c(SP)c2C)O1. The Morgan fingerprint density at radius 2 is 1.88 bits per heavy atom. The van der Waals surface area contributed by atoms with Gasteiger partial charge in [0.25, 0.3) is 0 Å². The van der Waals surface area contributed by atoms with Gasteiger partial charge in [0.1, 0.15) is 5.75 Å². The lowest BCUT2D eigenvalue weighted by molar-refractivity contribution is 0.382. The summed E-state index contributed by atoms with van der Waals surface area (Å²) >= 11 is 1.74. The Hall–Kier alpha value is -0.460. The van der Waals surface area contributed by atoms with Crippen LogP contribution in [0.25, 0.3) is 0 Å². The Labute approximate surface area is 110 Å². The molecule has 1 aromatic carbocycles. The molecule has 2 rings (SSSR count). The third-order valence-electron chi connectivity index (χ3n) is 3.26. The molecule has 0 aliphatic carbocycles. The van der Waals surface area contributed by atoms with Gasteiger partial charge in [-0.1, -0.05) is 22.3 Å². The molecule has 0 saturated heterocycles. The standard InChI is InChI=1S/C14H19OPS/c1-8-6-11-12(10(3)13(8)17-16)14(4,5)7-9(2)15-11/h6-7H,16H2,1-5H3. The van der Waals surface area contributed by atoms with E-state index in [0.29, 0.717) is 0 Å². The molecule has 1 aliphatic heterocycles. The van der Waals surface area contributed by atoms with Crippen LogP contribution in [0.5, 0.6) is 5.75 Å². The first kappa shape index (κ1) is 13.0. The van der Waals surface area contributed by atoms with Crippen LogP contribution in [0.1, 0.15) is 37.5 Å². The molecule has 0 spiro atoms. The highest BCUT2D eigenvalue weighted by atomic mass is 32.7. The largest absolute Gasteiger partial charge is 0.462 e. The minimum absolute atomic E-state index is 0.0462. The number of aryl methyl sites for hydroxylation is 1. The number of hydrogen-bond donors (Lipinski definition) is 0. The molecule has 1 aromatic rings. The molecular weight excluding hydrogens is 247 g/mol. The highest BCUT2D eigenvalue weighted by molar-refractivity contribution is 8.43. The van der Waals surface area contributed by atoms with E-state index in [1.54, 1.807) is 11.4 Å². The second kappa shape index (κ2) is 4.33. The maximum atomic E-state index is 5.87. The van der Waals surface area contributed by atoms with E-state index in [4.69, 9.17) is 4.74 Å². The van der Waals surface area contributed by atoms with Crippen molar-refractivity contribution in [3.05, 3.63) is 34.6 Å². The van der Waals surface area contributed by atoms with E-state index in [-0.39, 0.29) is 5.41 Å². The Balaban J connectivity index is 2.73. The highest BCUT2D eigenvalue weighted by Gasteiger charge is 2.30. The molecule has 0 radical (unpaired) electrons. The van der Waals surface area contributed by atoms with Gasteiger partial charge in [0.15, 0.2) is 0 Å². The van der Waals surface area contributed by atoms with Gasteiger partial charge in [-0.3, -0.25) is 0 Å². The van der Waals surface area contributed by atoms with Gasteiger partial charge in [-0.2, -0.15) is 0 Å². The molecule has 1 heterocycles. The van der Waals surface area contributed by atoms with Gasteiger partial charge in [0, 0.05) is 15.9 Å². The zero-order chi connectivity index (χ0) is 12.8. The molecule has 0 bridgehead atoms. The lowest BCUT2D eigenvalue weighted by atomic mass is 9.79. The van der Waals surface area contributed by atoms with Gasteiger partial charge in [0.2, 0.25) is 0 Å². The summed E-state index contributed by atoms with van der Waals surface area (Å²) in [7, 11) is 2.74. The Morgan fingerprint density at radius 1 is 1.24 bits per heavy atom. The molecule has 3 heteroatoms. The molecule has 1 unspecified atom stereocenters. The van der Waals surface area contributed by atoms with Crippen LogP contribution in [0.4, 0.5) is 0 Å². The molecule has 92 valence electrons. The zero-order valence-corrected chi connectivity index (χ0v) is 13.0. The van der Waals surface area contributed by atoms with Crippen LogP contribution >= 0.6 is 19.8 Å². The van der Waals surface area contributed by atoms with Gasteiger partial charge >= 0.3 is 0 Å². The lowest BCUT2D eigenvalue weighted by Gasteiger charge is -2.32. The molecule has 0 fully saturated rings. The predicted molar refractivity (Wildman–Crippen MR) is 78.9 cm³/mol. The van der Waals surface area contributed by atoms with Crippen molar-refractivity contribution in [1.82, 2.24) is 0 Å². The number of benzene rings is 1. The van der Waals surface area contributed by atoms with Gasteiger partial charge in [0.05, 0.1) is 5.76 Å². The van der Waals surface area contributed by atoms with Gasteiger partial charge in [-0.25, -0.2) is 0 Å². The minimum atomic E-state index is 0.0462.